The molecule has 0 saturated carbocycles. The minimum absolute atomic E-state index is 0.0516. The van der Waals surface area contributed by atoms with E-state index < -0.39 is 11.6 Å². The highest BCUT2D eigenvalue weighted by Gasteiger charge is 2.34. The summed E-state index contributed by atoms with van der Waals surface area (Å²) in [6.07, 6.45) is 1.65. The Bertz CT molecular complexity index is 1110. The molecule has 0 radical (unpaired) electrons. The van der Waals surface area contributed by atoms with Gasteiger partial charge < -0.3 is 20.7 Å². The SMILES string of the molecule is COc1ccc2c(c1)C(=O)N(C[C@@](C)(C#Cc1cc(Cl)cnc1N)NC(=O)NC=O)C2. The zero-order valence-electron chi connectivity index (χ0n) is 16.9. The van der Waals surface area contributed by atoms with Crippen LogP contribution < -0.4 is 21.1 Å². The van der Waals surface area contributed by atoms with E-state index in [0.29, 0.717) is 28.4 Å². The summed E-state index contributed by atoms with van der Waals surface area (Å²) in [6.45, 7) is 2.03. The Morgan fingerprint density at radius 1 is 1.45 bits per heavy atom. The standard InChI is InChI=1S/C21H20ClN5O4/c1-21(26-20(30)25-12-28,6-5-13-7-15(22)9-24-18(13)23)11-27-10-14-3-4-16(31-2)8-17(14)19(27)29/h3-4,7-9,12H,10-11H2,1-2H3,(H2,23,24)(H2,25,26,28,30)/t21-/m1/s1. The van der Waals surface area contributed by atoms with E-state index in [1.807, 2.05) is 11.4 Å². The van der Waals surface area contributed by atoms with Crippen molar-refractivity contribution in [3.8, 4) is 17.6 Å². The second-order valence-corrected chi connectivity index (χ2v) is 7.51. The zero-order valence-corrected chi connectivity index (χ0v) is 17.6. The first-order valence-corrected chi connectivity index (χ1v) is 9.55. The third kappa shape index (κ3) is 5.05. The van der Waals surface area contributed by atoms with Crippen LogP contribution in [0.4, 0.5) is 10.6 Å². The van der Waals surface area contributed by atoms with E-state index in [4.69, 9.17) is 22.1 Å². The van der Waals surface area contributed by atoms with E-state index in [1.54, 1.807) is 30.0 Å². The van der Waals surface area contributed by atoms with Crippen molar-refractivity contribution in [2.45, 2.75) is 19.0 Å². The van der Waals surface area contributed by atoms with Gasteiger partial charge in [-0.15, -0.1) is 0 Å². The number of aromatic nitrogens is 1. The molecule has 1 aliphatic rings. The number of hydrogen-bond donors (Lipinski definition) is 3. The lowest BCUT2D eigenvalue weighted by Gasteiger charge is -2.30. The molecule has 1 aromatic carbocycles. The quantitative estimate of drug-likeness (QED) is 0.477. The molecule has 2 aromatic rings. The number of nitrogen functional groups attached to an aromatic ring is 1. The number of pyridine rings is 1. The fraction of sp³-hybridized carbons (Fsp3) is 0.238. The maximum Gasteiger partial charge on any atom is 0.322 e. The second-order valence-electron chi connectivity index (χ2n) is 7.07. The van der Waals surface area contributed by atoms with Crippen LogP contribution in [-0.4, -0.2) is 47.4 Å². The molecule has 3 rings (SSSR count). The van der Waals surface area contributed by atoms with Crippen molar-refractivity contribution in [1.29, 1.82) is 0 Å². The third-order valence-electron chi connectivity index (χ3n) is 4.64. The molecule has 1 atom stereocenters. The van der Waals surface area contributed by atoms with Gasteiger partial charge in [0.2, 0.25) is 6.41 Å². The van der Waals surface area contributed by atoms with Crippen LogP contribution in [0.3, 0.4) is 0 Å². The van der Waals surface area contributed by atoms with Crippen LogP contribution in [0.2, 0.25) is 5.02 Å². The monoisotopic (exact) mass is 441 g/mol. The van der Waals surface area contributed by atoms with Gasteiger partial charge in [-0.1, -0.05) is 29.5 Å². The van der Waals surface area contributed by atoms with Crippen LogP contribution in [-0.2, 0) is 11.3 Å². The number of nitrogens with one attached hydrogen (secondary N) is 2. The first-order valence-electron chi connectivity index (χ1n) is 9.17. The maximum absolute atomic E-state index is 12.9. The number of urea groups is 1. The van der Waals surface area contributed by atoms with Crippen LogP contribution in [0.25, 0.3) is 0 Å². The van der Waals surface area contributed by atoms with Crippen LogP contribution in [0, 0.1) is 11.8 Å². The van der Waals surface area contributed by atoms with E-state index in [1.165, 1.54) is 13.3 Å². The van der Waals surface area contributed by atoms with Gasteiger partial charge in [-0.25, -0.2) is 9.78 Å². The first kappa shape index (κ1) is 21.9. The van der Waals surface area contributed by atoms with Gasteiger partial charge in [0.25, 0.3) is 5.91 Å². The normalized spacial score (nSPS) is 14.0. The summed E-state index contributed by atoms with van der Waals surface area (Å²) in [7, 11) is 1.53. The van der Waals surface area contributed by atoms with E-state index >= 15 is 0 Å². The molecular formula is C21H20ClN5O4. The molecule has 9 nitrogen and oxygen atoms in total. The van der Waals surface area contributed by atoms with Crippen molar-refractivity contribution in [2.24, 2.45) is 0 Å². The van der Waals surface area contributed by atoms with E-state index in [2.05, 4.69) is 22.1 Å². The number of carbonyl (C=O) groups excluding carboxylic acids is 3. The Balaban J connectivity index is 1.90. The molecule has 0 saturated heterocycles. The van der Waals surface area contributed by atoms with E-state index in [9.17, 15) is 14.4 Å². The number of nitrogens with zero attached hydrogens (tertiary/aromatic N) is 2. The number of carbonyl (C=O) groups is 3. The van der Waals surface area contributed by atoms with Crippen LogP contribution in [0.15, 0.2) is 30.5 Å². The van der Waals surface area contributed by atoms with Crippen LogP contribution in [0.5, 0.6) is 5.75 Å². The molecule has 31 heavy (non-hydrogen) atoms. The predicted molar refractivity (Wildman–Crippen MR) is 114 cm³/mol. The fourth-order valence-corrected chi connectivity index (χ4v) is 3.34. The minimum atomic E-state index is -1.22. The highest BCUT2D eigenvalue weighted by atomic mass is 35.5. The number of amides is 4. The van der Waals surface area contributed by atoms with Crippen molar-refractivity contribution in [1.82, 2.24) is 20.5 Å². The number of imide groups is 1. The Morgan fingerprint density at radius 2 is 2.23 bits per heavy atom. The van der Waals surface area contributed by atoms with Gasteiger partial charge in [0.15, 0.2) is 0 Å². The van der Waals surface area contributed by atoms with Gasteiger partial charge in [-0.2, -0.15) is 0 Å². The smallest absolute Gasteiger partial charge is 0.322 e. The average molecular weight is 442 g/mol. The lowest BCUT2D eigenvalue weighted by molar-refractivity contribution is -0.108. The summed E-state index contributed by atoms with van der Waals surface area (Å²) in [6, 6.07) is 6.06. The summed E-state index contributed by atoms with van der Waals surface area (Å²) < 4.78 is 5.19. The van der Waals surface area contributed by atoms with Crippen molar-refractivity contribution < 1.29 is 19.1 Å². The maximum atomic E-state index is 12.9. The fourth-order valence-electron chi connectivity index (χ4n) is 3.18. The molecule has 0 fully saturated rings. The first-order chi connectivity index (χ1) is 14.7. The second kappa shape index (κ2) is 8.93. The number of fused-ring (bicyclic) bond motifs is 1. The summed E-state index contributed by atoms with van der Waals surface area (Å²) in [4.78, 5) is 41.1. The summed E-state index contributed by atoms with van der Waals surface area (Å²) >= 11 is 5.96. The molecule has 1 aromatic heterocycles. The number of halogens is 1. The Kier molecular flexibility index (Phi) is 6.32. The van der Waals surface area contributed by atoms with Gasteiger partial charge >= 0.3 is 6.03 Å². The van der Waals surface area contributed by atoms with Crippen LogP contribution >= 0.6 is 11.6 Å². The average Bonchev–Trinajstić information content (AvgIpc) is 3.03. The molecular weight excluding hydrogens is 422 g/mol. The predicted octanol–water partition coefficient (Wildman–Crippen LogP) is 1.55. The van der Waals surface area contributed by atoms with Gasteiger partial charge in [0.05, 0.1) is 24.2 Å². The van der Waals surface area contributed by atoms with E-state index in [0.717, 1.165) is 5.56 Å². The number of nitrogens with two attached hydrogens (primary N) is 1. The van der Waals surface area contributed by atoms with Crippen molar-refractivity contribution in [3.63, 3.8) is 0 Å². The summed E-state index contributed by atoms with van der Waals surface area (Å²) in [5.74, 6) is 6.32. The molecule has 4 N–H and O–H groups in total. The van der Waals surface area contributed by atoms with Gasteiger partial charge in [-0.05, 0) is 30.7 Å². The number of ether oxygens (including phenoxy) is 1. The Hall–Kier alpha value is -3.77. The molecule has 2 heterocycles. The highest BCUT2D eigenvalue weighted by Crippen LogP contribution is 2.28. The molecule has 4 amide bonds. The molecule has 0 unspecified atom stereocenters. The van der Waals surface area contributed by atoms with E-state index in [-0.39, 0.29) is 24.7 Å². The van der Waals surface area contributed by atoms with Crippen molar-refractivity contribution >= 4 is 35.8 Å². The summed E-state index contributed by atoms with van der Waals surface area (Å²) in [5, 5.41) is 4.99. The van der Waals surface area contributed by atoms with Crippen molar-refractivity contribution in [2.75, 3.05) is 19.4 Å². The minimum Gasteiger partial charge on any atom is -0.497 e. The lowest BCUT2D eigenvalue weighted by Crippen LogP contribution is -2.55. The number of anilines is 1. The molecule has 0 spiro atoms. The number of hydrogen-bond acceptors (Lipinski definition) is 6. The summed E-state index contributed by atoms with van der Waals surface area (Å²) in [5.41, 5.74) is 6.36. The van der Waals surface area contributed by atoms with Gasteiger partial charge in [0, 0.05) is 18.3 Å². The zero-order chi connectivity index (χ0) is 22.6. The molecule has 10 heteroatoms. The molecule has 0 bridgehead atoms. The van der Waals surface area contributed by atoms with Gasteiger partial charge in [-0.3, -0.25) is 14.9 Å². The largest absolute Gasteiger partial charge is 0.497 e. The number of methoxy groups -OCH3 is 1. The third-order valence-corrected chi connectivity index (χ3v) is 4.85. The molecule has 160 valence electrons. The topological polar surface area (TPSA) is 127 Å². The highest BCUT2D eigenvalue weighted by molar-refractivity contribution is 6.30. The lowest BCUT2D eigenvalue weighted by atomic mass is 10.0. The van der Waals surface area contributed by atoms with Crippen molar-refractivity contribution in [3.05, 3.63) is 52.2 Å². The number of rotatable bonds is 5. The molecule has 0 aliphatic carbocycles. The Labute approximate surface area is 183 Å². The number of benzene rings is 1. The Morgan fingerprint density at radius 3 is 2.94 bits per heavy atom. The van der Waals surface area contributed by atoms with Crippen LogP contribution in [0.1, 0.15) is 28.4 Å². The molecule has 1 aliphatic heterocycles. The van der Waals surface area contributed by atoms with Gasteiger partial charge in [0.1, 0.15) is 17.1 Å².